The summed E-state index contributed by atoms with van der Waals surface area (Å²) < 4.78 is 17.8. The number of rotatable bonds is 7. The fraction of sp³-hybridized carbons (Fsp3) is 0.333. The van der Waals surface area contributed by atoms with Gasteiger partial charge in [-0.3, -0.25) is 9.59 Å². The van der Waals surface area contributed by atoms with Crippen molar-refractivity contribution in [3.05, 3.63) is 59.8 Å². The first-order chi connectivity index (χ1) is 11.5. The maximum Gasteiger partial charge on any atom is 0.257 e. The van der Waals surface area contributed by atoms with Crippen LogP contribution in [0.25, 0.3) is 0 Å². The van der Waals surface area contributed by atoms with Crippen LogP contribution in [-0.2, 0) is 11.3 Å². The lowest BCUT2D eigenvalue weighted by Crippen LogP contribution is -2.39. The van der Waals surface area contributed by atoms with Gasteiger partial charge in [-0.05, 0) is 37.6 Å². The minimum absolute atomic E-state index is 0.0303. The molecule has 2 aromatic rings. The molecule has 0 aliphatic carbocycles. The van der Waals surface area contributed by atoms with E-state index in [0.29, 0.717) is 18.7 Å². The molecule has 0 aliphatic heterocycles. The second kappa shape index (κ2) is 8.29. The van der Waals surface area contributed by atoms with Gasteiger partial charge in [0.05, 0.1) is 11.8 Å². The molecule has 0 fully saturated rings. The number of hydrogen-bond donors (Lipinski definition) is 1. The molecule has 128 valence electrons. The standard InChI is InChI=1S/C18H21FN2O3/c1-13(2)21(18(23)15-8-10-24-12-15)9-7-17(22)20-11-14-3-5-16(19)6-4-14/h3-6,8,10,12-13H,7,9,11H2,1-2H3,(H,20,22). The molecular weight excluding hydrogens is 311 g/mol. The highest BCUT2D eigenvalue weighted by Gasteiger charge is 2.20. The van der Waals surface area contributed by atoms with Crippen molar-refractivity contribution in [1.29, 1.82) is 0 Å². The number of furan rings is 1. The van der Waals surface area contributed by atoms with E-state index in [1.807, 2.05) is 13.8 Å². The predicted octanol–water partition coefficient (Wildman–Crippen LogP) is 2.98. The van der Waals surface area contributed by atoms with Gasteiger partial charge in [-0.1, -0.05) is 12.1 Å². The van der Waals surface area contributed by atoms with Crippen LogP contribution in [0.15, 0.2) is 47.3 Å². The fourth-order valence-corrected chi connectivity index (χ4v) is 2.26. The van der Waals surface area contributed by atoms with Crippen LogP contribution in [0.2, 0.25) is 0 Å². The SMILES string of the molecule is CC(C)N(CCC(=O)NCc1ccc(F)cc1)C(=O)c1ccoc1. The van der Waals surface area contributed by atoms with E-state index in [0.717, 1.165) is 5.56 Å². The van der Waals surface area contributed by atoms with Gasteiger partial charge in [0.15, 0.2) is 0 Å². The summed E-state index contributed by atoms with van der Waals surface area (Å²) >= 11 is 0. The topological polar surface area (TPSA) is 62.6 Å². The first-order valence-corrected chi connectivity index (χ1v) is 7.81. The first-order valence-electron chi connectivity index (χ1n) is 7.81. The van der Waals surface area contributed by atoms with Gasteiger partial charge in [-0.15, -0.1) is 0 Å². The van der Waals surface area contributed by atoms with Gasteiger partial charge in [0.2, 0.25) is 5.91 Å². The van der Waals surface area contributed by atoms with Crippen molar-refractivity contribution in [2.75, 3.05) is 6.54 Å². The molecule has 0 bridgehead atoms. The van der Waals surface area contributed by atoms with Gasteiger partial charge in [0, 0.05) is 25.6 Å². The van der Waals surface area contributed by atoms with Crippen molar-refractivity contribution in [3.63, 3.8) is 0 Å². The van der Waals surface area contributed by atoms with Crippen molar-refractivity contribution in [1.82, 2.24) is 10.2 Å². The smallest absolute Gasteiger partial charge is 0.257 e. The van der Waals surface area contributed by atoms with Crippen LogP contribution in [0.1, 0.15) is 36.2 Å². The Balaban J connectivity index is 1.84. The Morgan fingerprint density at radius 1 is 1.21 bits per heavy atom. The summed E-state index contributed by atoms with van der Waals surface area (Å²) in [5.41, 5.74) is 1.29. The van der Waals surface area contributed by atoms with E-state index in [9.17, 15) is 14.0 Å². The molecular formula is C18H21FN2O3. The quantitative estimate of drug-likeness (QED) is 0.848. The molecule has 1 aromatic carbocycles. The highest BCUT2D eigenvalue weighted by Crippen LogP contribution is 2.10. The van der Waals surface area contributed by atoms with Crippen LogP contribution in [0.5, 0.6) is 0 Å². The van der Waals surface area contributed by atoms with Crippen LogP contribution in [0.4, 0.5) is 4.39 Å². The second-order valence-electron chi connectivity index (χ2n) is 5.76. The maximum absolute atomic E-state index is 12.8. The molecule has 0 unspecified atom stereocenters. The van der Waals surface area contributed by atoms with Crippen LogP contribution in [0, 0.1) is 5.82 Å². The summed E-state index contributed by atoms with van der Waals surface area (Å²) in [5, 5.41) is 2.77. The summed E-state index contributed by atoms with van der Waals surface area (Å²) in [6.07, 6.45) is 3.04. The van der Waals surface area contributed by atoms with Crippen LogP contribution in [-0.4, -0.2) is 29.3 Å². The lowest BCUT2D eigenvalue weighted by molar-refractivity contribution is -0.121. The molecule has 1 N–H and O–H groups in total. The number of hydrogen-bond acceptors (Lipinski definition) is 3. The zero-order chi connectivity index (χ0) is 17.5. The van der Waals surface area contributed by atoms with Gasteiger partial charge < -0.3 is 14.6 Å². The van der Waals surface area contributed by atoms with Crippen molar-refractivity contribution in [2.45, 2.75) is 32.9 Å². The third-order valence-corrected chi connectivity index (χ3v) is 3.64. The molecule has 0 spiro atoms. The molecule has 5 nitrogen and oxygen atoms in total. The normalized spacial score (nSPS) is 10.7. The van der Waals surface area contributed by atoms with Gasteiger partial charge in [0.25, 0.3) is 5.91 Å². The Morgan fingerprint density at radius 3 is 2.50 bits per heavy atom. The molecule has 0 radical (unpaired) electrons. The van der Waals surface area contributed by atoms with Crippen molar-refractivity contribution in [3.8, 4) is 0 Å². The molecule has 1 aromatic heterocycles. The number of nitrogens with one attached hydrogen (secondary N) is 1. The number of halogens is 1. The van der Waals surface area contributed by atoms with Crippen molar-refractivity contribution < 1.29 is 18.4 Å². The number of amides is 2. The monoisotopic (exact) mass is 332 g/mol. The molecule has 6 heteroatoms. The lowest BCUT2D eigenvalue weighted by Gasteiger charge is -2.26. The highest BCUT2D eigenvalue weighted by molar-refractivity contribution is 5.94. The van der Waals surface area contributed by atoms with Crippen LogP contribution >= 0.6 is 0 Å². The van der Waals surface area contributed by atoms with Gasteiger partial charge in [0.1, 0.15) is 12.1 Å². The third kappa shape index (κ3) is 4.94. The molecule has 0 aliphatic rings. The van der Waals surface area contributed by atoms with Crippen molar-refractivity contribution >= 4 is 11.8 Å². The predicted molar refractivity (Wildman–Crippen MR) is 87.7 cm³/mol. The molecule has 2 rings (SSSR count). The van der Waals surface area contributed by atoms with Gasteiger partial charge >= 0.3 is 0 Å². The van der Waals surface area contributed by atoms with E-state index >= 15 is 0 Å². The second-order valence-corrected chi connectivity index (χ2v) is 5.76. The van der Waals surface area contributed by atoms with E-state index in [-0.39, 0.29) is 30.1 Å². The minimum atomic E-state index is -0.310. The first kappa shape index (κ1) is 17.7. The molecule has 0 saturated heterocycles. The highest BCUT2D eigenvalue weighted by atomic mass is 19.1. The number of carbonyl (C=O) groups is 2. The number of nitrogens with zero attached hydrogens (tertiary/aromatic N) is 1. The Bertz CT molecular complexity index is 666. The molecule has 0 saturated carbocycles. The summed E-state index contributed by atoms with van der Waals surface area (Å²) in [6.45, 7) is 4.44. The Labute approximate surface area is 140 Å². The molecule has 2 amide bonds. The summed E-state index contributed by atoms with van der Waals surface area (Å²) in [7, 11) is 0. The van der Waals surface area contributed by atoms with E-state index < -0.39 is 0 Å². The van der Waals surface area contributed by atoms with E-state index in [1.54, 1.807) is 23.1 Å². The Kier molecular flexibility index (Phi) is 6.12. The minimum Gasteiger partial charge on any atom is -0.472 e. The lowest BCUT2D eigenvalue weighted by atomic mass is 10.2. The molecule has 24 heavy (non-hydrogen) atoms. The summed E-state index contributed by atoms with van der Waals surface area (Å²) in [5.74, 6) is -0.634. The average molecular weight is 332 g/mol. The number of carbonyl (C=O) groups excluding carboxylic acids is 2. The molecule has 1 heterocycles. The third-order valence-electron chi connectivity index (χ3n) is 3.64. The van der Waals surface area contributed by atoms with Crippen molar-refractivity contribution in [2.24, 2.45) is 0 Å². The zero-order valence-corrected chi connectivity index (χ0v) is 13.8. The van der Waals surface area contributed by atoms with E-state index in [2.05, 4.69) is 5.32 Å². The average Bonchev–Trinajstić information content (AvgIpc) is 3.08. The van der Waals surface area contributed by atoms with Crippen LogP contribution < -0.4 is 5.32 Å². The van der Waals surface area contributed by atoms with Gasteiger partial charge in [-0.2, -0.15) is 0 Å². The molecule has 0 atom stereocenters. The van der Waals surface area contributed by atoms with Crippen LogP contribution in [0.3, 0.4) is 0 Å². The largest absolute Gasteiger partial charge is 0.472 e. The fourth-order valence-electron chi connectivity index (χ4n) is 2.26. The summed E-state index contributed by atoms with van der Waals surface area (Å²) in [6, 6.07) is 7.53. The van der Waals surface area contributed by atoms with E-state index in [4.69, 9.17) is 4.42 Å². The summed E-state index contributed by atoms with van der Waals surface area (Å²) in [4.78, 5) is 26.0. The number of benzene rings is 1. The Morgan fingerprint density at radius 2 is 1.92 bits per heavy atom. The zero-order valence-electron chi connectivity index (χ0n) is 13.8. The maximum atomic E-state index is 12.8. The van der Waals surface area contributed by atoms with E-state index in [1.165, 1.54) is 24.7 Å². The van der Waals surface area contributed by atoms with Gasteiger partial charge in [-0.25, -0.2) is 4.39 Å². The Hall–Kier alpha value is -2.63.